The Labute approximate surface area is 91.4 Å². The minimum Gasteiger partial charge on any atom is -0.496 e. The average molecular weight is 205 g/mol. The van der Waals surface area contributed by atoms with Crippen LogP contribution in [0.5, 0.6) is 5.75 Å². The first kappa shape index (κ1) is 10.5. The zero-order valence-electron chi connectivity index (χ0n) is 9.55. The van der Waals surface area contributed by atoms with Crippen molar-refractivity contribution in [2.45, 2.75) is 26.2 Å². The third-order valence-electron chi connectivity index (χ3n) is 3.53. The van der Waals surface area contributed by atoms with E-state index in [0.29, 0.717) is 5.41 Å². The molecule has 2 heteroatoms. The molecule has 82 valence electrons. The molecular formula is C13H19NO. The second-order valence-corrected chi connectivity index (χ2v) is 4.64. The Morgan fingerprint density at radius 1 is 1.40 bits per heavy atom. The first-order valence-corrected chi connectivity index (χ1v) is 5.53. The molecule has 0 aliphatic heterocycles. The van der Waals surface area contributed by atoms with Gasteiger partial charge in [-0.2, -0.15) is 0 Å². The van der Waals surface area contributed by atoms with Gasteiger partial charge in [-0.25, -0.2) is 0 Å². The lowest BCUT2D eigenvalue weighted by Gasteiger charge is -2.17. The normalized spacial score (nSPS) is 17.5. The van der Waals surface area contributed by atoms with Crippen molar-refractivity contribution in [2.75, 3.05) is 13.7 Å². The van der Waals surface area contributed by atoms with Crippen LogP contribution in [0, 0.1) is 12.3 Å². The summed E-state index contributed by atoms with van der Waals surface area (Å²) in [6, 6.07) is 6.22. The van der Waals surface area contributed by atoms with Crippen LogP contribution in [-0.4, -0.2) is 13.7 Å². The first-order chi connectivity index (χ1) is 7.21. The van der Waals surface area contributed by atoms with Crippen molar-refractivity contribution in [2.24, 2.45) is 11.1 Å². The van der Waals surface area contributed by atoms with Gasteiger partial charge in [0.1, 0.15) is 5.75 Å². The lowest BCUT2D eigenvalue weighted by Crippen LogP contribution is -2.18. The molecule has 1 aromatic rings. The van der Waals surface area contributed by atoms with Gasteiger partial charge in [0.2, 0.25) is 0 Å². The largest absolute Gasteiger partial charge is 0.496 e. The van der Waals surface area contributed by atoms with Gasteiger partial charge in [0.25, 0.3) is 0 Å². The molecule has 0 amide bonds. The summed E-state index contributed by atoms with van der Waals surface area (Å²) >= 11 is 0. The lowest BCUT2D eigenvalue weighted by molar-refractivity contribution is 0.401. The number of hydrogen-bond acceptors (Lipinski definition) is 2. The zero-order chi connectivity index (χ0) is 10.9. The minimum absolute atomic E-state index is 0.374. The highest BCUT2D eigenvalue weighted by Crippen LogP contribution is 2.48. The summed E-state index contributed by atoms with van der Waals surface area (Å²) < 4.78 is 5.40. The van der Waals surface area contributed by atoms with Crippen molar-refractivity contribution < 1.29 is 4.74 Å². The van der Waals surface area contributed by atoms with Crippen LogP contribution in [0.3, 0.4) is 0 Å². The van der Waals surface area contributed by atoms with E-state index in [1.54, 1.807) is 7.11 Å². The molecule has 0 radical (unpaired) electrons. The van der Waals surface area contributed by atoms with Gasteiger partial charge in [-0.1, -0.05) is 12.1 Å². The molecule has 0 unspecified atom stereocenters. The van der Waals surface area contributed by atoms with E-state index in [2.05, 4.69) is 13.0 Å². The predicted molar refractivity (Wildman–Crippen MR) is 62.2 cm³/mol. The summed E-state index contributed by atoms with van der Waals surface area (Å²) in [5.41, 5.74) is 8.84. The highest BCUT2D eigenvalue weighted by molar-refractivity contribution is 5.41. The van der Waals surface area contributed by atoms with Crippen molar-refractivity contribution in [1.82, 2.24) is 0 Å². The number of ether oxygens (including phenoxy) is 1. The molecule has 1 aliphatic carbocycles. The Morgan fingerprint density at radius 3 is 2.67 bits per heavy atom. The van der Waals surface area contributed by atoms with Gasteiger partial charge in [-0.15, -0.1) is 0 Å². The molecule has 0 spiro atoms. The molecule has 0 saturated heterocycles. The quantitative estimate of drug-likeness (QED) is 0.818. The molecule has 0 heterocycles. The van der Waals surface area contributed by atoms with Crippen LogP contribution in [0.2, 0.25) is 0 Å². The van der Waals surface area contributed by atoms with Crippen molar-refractivity contribution in [3.05, 3.63) is 29.3 Å². The Morgan fingerprint density at radius 2 is 2.13 bits per heavy atom. The van der Waals surface area contributed by atoms with E-state index >= 15 is 0 Å². The molecule has 1 aromatic carbocycles. The van der Waals surface area contributed by atoms with Crippen molar-refractivity contribution in [3.8, 4) is 5.75 Å². The van der Waals surface area contributed by atoms with Gasteiger partial charge in [-0.05, 0) is 55.3 Å². The fourth-order valence-corrected chi connectivity index (χ4v) is 2.10. The molecule has 15 heavy (non-hydrogen) atoms. The van der Waals surface area contributed by atoms with Crippen LogP contribution in [-0.2, 0) is 6.42 Å². The molecule has 0 bridgehead atoms. The molecule has 1 aliphatic rings. The molecule has 1 saturated carbocycles. The summed E-state index contributed by atoms with van der Waals surface area (Å²) in [5.74, 6) is 1.01. The fraction of sp³-hybridized carbons (Fsp3) is 0.538. The standard InChI is InChI=1S/C13H19NO/c1-10-4-3-5-12(15-2)11(10)8-13(9-14)6-7-13/h3-5H,6-9,14H2,1-2H3. The smallest absolute Gasteiger partial charge is 0.122 e. The summed E-state index contributed by atoms with van der Waals surface area (Å²) in [7, 11) is 1.74. The van der Waals surface area contributed by atoms with Crippen LogP contribution in [0.1, 0.15) is 24.0 Å². The second kappa shape index (κ2) is 3.86. The van der Waals surface area contributed by atoms with E-state index in [0.717, 1.165) is 18.7 Å². The number of nitrogens with two attached hydrogens (primary N) is 1. The molecule has 2 rings (SSSR count). The number of aryl methyl sites for hydroxylation is 1. The van der Waals surface area contributed by atoms with Crippen LogP contribution in [0.15, 0.2) is 18.2 Å². The Balaban J connectivity index is 2.26. The van der Waals surface area contributed by atoms with Crippen LogP contribution in [0.4, 0.5) is 0 Å². The Hall–Kier alpha value is -1.02. The molecule has 1 fully saturated rings. The van der Waals surface area contributed by atoms with Gasteiger partial charge in [0, 0.05) is 0 Å². The highest BCUT2D eigenvalue weighted by atomic mass is 16.5. The molecule has 0 atom stereocenters. The number of methoxy groups -OCH3 is 1. The molecule has 2 N–H and O–H groups in total. The van der Waals surface area contributed by atoms with E-state index in [1.807, 2.05) is 12.1 Å². The summed E-state index contributed by atoms with van der Waals surface area (Å²) in [6.45, 7) is 2.94. The van der Waals surface area contributed by atoms with Gasteiger partial charge in [0.05, 0.1) is 7.11 Å². The van der Waals surface area contributed by atoms with Crippen LogP contribution >= 0.6 is 0 Å². The Kier molecular flexibility index (Phi) is 2.70. The maximum atomic E-state index is 5.82. The average Bonchev–Trinajstić information content (AvgIpc) is 3.02. The summed E-state index contributed by atoms with van der Waals surface area (Å²) in [5, 5.41) is 0. The minimum atomic E-state index is 0.374. The van der Waals surface area contributed by atoms with E-state index in [9.17, 15) is 0 Å². The third-order valence-corrected chi connectivity index (χ3v) is 3.53. The van der Waals surface area contributed by atoms with Crippen LogP contribution < -0.4 is 10.5 Å². The third kappa shape index (κ3) is 2.00. The van der Waals surface area contributed by atoms with Crippen molar-refractivity contribution >= 4 is 0 Å². The monoisotopic (exact) mass is 205 g/mol. The lowest BCUT2D eigenvalue weighted by atomic mass is 9.93. The van der Waals surface area contributed by atoms with Gasteiger partial charge >= 0.3 is 0 Å². The zero-order valence-corrected chi connectivity index (χ0v) is 9.55. The van der Waals surface area contributed by atoms with Crippen LogP contribution in [0.25, 0.3) is 0 Å². The molecular weight excluding hydrogens is 186 g/mol. The molecule has 2 nitrogen and oxygen atoms in total. The van der Waals surface area contributed by atoms with Gasteiger partial charge in [-0.3, -0.25) is 0 Å². The van der Waals surface area contributed by atoms with Crippen molar-refractivity contribution in [1.29, 1.82) is 0 Å². The fourth-order valence-electron chi connectivity index (χ4n) is 2.10. The maximum Gasteiger partial charge on any atom is 0.122 e. The number of hydrogen-bond donors (Lipinski definition) is 1. The topological polar surface area (TPSA) is 35.2 Å². The second-order valence-electron chi connectivity index (χ2n) is 4.64. The maximum absolute atomic E-state index is 5.82. The van der Waals surface area contributed by atoms with E-state index in [1.165, 1.54) is 24.0 Å². The van der Waals surface area contributed by atoms with E-state index < -0.39 is 0 Å². The van der Waals surface area contributed by atoms with E-state index in [4.69, 9.17) is 10.5 Å². The Bertz CT molecular complexity index is 356. The van der Waals surface area contributed by atoms with Gasteiger partial charge < -0.3 is 10.5 Å². The number of rotatable bonds is 4. The predicted octanol–water partition coefficient (Wildman–Crippen LogP) is 2.29. The first-order valence-electron chi connectivity index (χ1n) is 5.53. The van der Waals surface area contributed by atoms with E-state index in [-0.39, 0.29) is 0 Å². The summed E-state index contributed by atoms with van der Waals surface area (Å²) in [6.07, 6.45) is 3.60. The molecule has 0 aromatic heterocycles. The van der Waals surface area contributed by atoms with Crippen molar-refractivity contribution in [3.63, 3.8) is 0 Å². The number of benzene rings is 1. The highest BCUT2D eigenvalue weighted by Gasteiger charge is 2.41. The van der Waals surface area contributed by atoms with Gasteiger partial charge in [0.15, 0.2) is 0 Å². The summed E-state index contributed by atoms with van der Waals surface area (Å²) in [4.78, 5) is 0. The SMILES string of the molecule is COc1cccc(C)c1CC1(CN)CC1.